The first-order valence-electron chi connectivity index (χ1n) is 5.05. The fourth-order valence-electron chi connectivity index (χ4n) is 1.08. The molecule has 12 heavy (non-hydrogen) atoms. The minimum absolute atomic E-state index is 0.149. The summed E-state index contributed by atoms with van der Waals surface area (Å²) >= 11 is 0. The summed E-state index contributed by atoms with van der Waals surface area (Å²) in [5.41, 5.74) is 0. The molecule has 0 aliphatic rings. The minimum Gasteiger partial charge on any atom is -0.392 e. The predicted molar refractivity (Wildman–Crippen MR) is 53.2 cm³/mol. The van der Waals surface area contributed by atoms with Crippen LogP contribution in [0.4, 0.5) is 0 Å². The molecule has 2 nitrogen and oxygen atoms in total. The Morgan fingerprint density at radius 3 is 2.42 bits per heavy atom. The zero-order chi connectivity index (χ0) is 9.40. The molecule has 1 unspecified atom stereocenters. The highest BCUT2D eigenvalue weighted by Gasteiger charge is 2.02. The number of aliphatic hydroxyl groups excluding tert-OH is 1. The lowest BCUT2D eigenvalue weighted by Gasteiger charge is -2.12. The van der Waals surface area contributed by atoms with Gasteiger partial charge in [0.2, 0.25) is 0 Å². The van der Waals surface area contributed by atoms with Crippen LogP contribution in [0.3, 0.4) is 0 Å². The molecule has 0 bridgehead atoms. The van der Waals surface area contributed by atoms with Gasteiger partial charge in [-0.2, -0.15) is 0 Å². The first-order chi connectivity index (χ1) is 5.66. The molecular formula is C10H23NO. The first kappa shape index (κ1) is 11.9. The lowest BCUT2D eigenvalue weighted by molar-refractivity contribution is 0.157. The molecule has 0 amide bonds. The summed E-state index contributed by atoms with van der Waals surface area (Å²) in [5, 5.41) is 12.7. The third-order valence-corrected chi connectivity index (χ3v) is 1.82. The van der Waals surface area contributed by atoms with Crippen LogP contribution in [-0.2, 0) is 0 Å². The molecule has 0 fully saturated rings. The summed E-state index contributed by atoms with van der Waals surface area (Å²) in [6.45, 7) is 8.24. The van der Waals surface area contributed by atoms with E-state index in [1.807, 2.05) is 0 Å². The van der Waals surface area contributed by atoms with E-state index < -0.39 is 0 Å². The Morgan fingerprint density at radius 1 is 1.25 bits per heavy atom. The summed E-state index contributed by atoms with van der Waals surface area (Å²) in [6.07, 6.45) is 3.08. The lowest BCUT2D eigenvalue weighted by Crippen LogP contribution is -2.29. The van der Waals surface area contributed by atoms with E-state index >= 15 is 0 Å². The topological polar surface area (TPSA) is 32.3 Å². The highest BCUT2D eigenvalue weighted by molar-refractivity contribution is 4.60. The number of nitrogens with one attached hydrogen (secondary N) is 1. The quantitative estimate of drug-likeness (QED) is 0.615. The molecule has 1 atom stereocenters. The first-order valence-corrected chi connectivity index (χ1v) is 5.05. The number of aliphatic hydroxyl groups is 1. The Labute approximate surface area is 76.4 Å². The van der Waals surface area contributed by atoms with Crippen LogP contribution in [0.1, 0.15) is 40.0 Å². The zero-order valence-corrected chi connectivity index (χ0v) is 8.64. The molecule has 0 aromatic rings. The average molecular weight is 173 g/mol. The summed E-state index contributed by atoms with van der Waals surface area (Å²) in [7, 11) is 0. The van der Waals surface area contributed by atoms with Gasteiger partial charge < -0.3 is 10.4 Å². The molecule has 0 saturated carbocycles. The second kappa shape index (κ2) is 7.56. The molecule has 0 saturated heterocycles. The molecule has 0 heterocycles. The molecular weight excluding hydrogens is 150 g/mol. The van der Waals surface area contributed by atoms with Gasteiger partial charge in [-0.15, -0.1) is 0 Å². The fourth-order valence-corrected chi connectivity index (χ4v) is 1.08. The maximum atomic E-state index is 9.43. The Kier molecular flexibility index (Phi) is 7.51. The summed E-state index contributed by atoms with van der Waals surface area (Å²) in [5.74, 6) is 0.670. The zero-order valence-electron chi connectivity index (χ0n) is 8.64. The van der Waals surface area contributed by atoms with Crippen molar-refractivity contribution in [1.29, 1.82) is 0 Å². The van der Waals surface area contributed by atoms with Crippen LogP contribution >= 0.6 is 0 Å². The molecule has 74 valence electrons. The van der Waals surface area contributed by atoms with Crippen LogP contribution in [-0.4, -0.2) is 24.3 Å². The Morgan fingerprint density at radius 2 is 1.92 bits per heavy atom. The summed E-state index contributed by atoms with van der Waals surface area (Å²) in [6, 6.07) is 0. The van der Waals surface area contributed by atoms with Crippen molar-refractivity contribution in [1.82, 2.24) is 5.32 Å². The standard InChI is InChI=1S/C10H23NO/c1-4-5-6-10(12)8-11-7-9(2)3/h9-12H,4-8H2,1-3H3. The van der Waals surface area contributed by atoms with E-state index in [-0.39, 0.29) is 6.10 Å². The van der Waals surface area contributed by atoms with Crippen LogP contribution in [0, 0.1) is 5.92 Å². The van der Waals surface area contributed by atoms with Crippen LogP contribution in [0.25, 0.3) is 0 Å². The molecule has 2 heteroatoms. The number of hydrogen-bond acceptors (Lipinski definition) is 2. The molecule has 0 aliphatic heterocycles. The summed E-state index contributed by atoms with van der Waals surface area (Å²) < 4.78 is 0. The van der Waals surface area contributed by atoms with Crippen molar-refractivity contribution >= 4 is 0 Å². The second-order valence-electron chi connectivity index (χ2n) is 3.85. The van der Waals surface area contributed by atoms with Crippen molar-refractivity contribution in [3.8, 4) is 0 Å². The third-order valence-electron chi connectivity index (χ3n) is 1.82. The van der Waals surface area contributed by atoms with E-state index in [1.54, 1.807) is 0 Å². The van der Waals surface area contributed by atoms with Crippen LogP contribution in [0.2, 0.25) is 0 Å². The van der Waals surface area contributed by atoms with Gasteiger partial charge in [0, 0.05) is 6.54 Å². The maximum Gasteiger partial charge on any atom is 0.0664 e. The smallest absolute Gasteiger partial charge is 0.0664 e. The second-order valence-corrected chi connectivity index (χ2v) is 3.85. The van der Waals surface area contributed by atoms with Crippen molar-refractivity contribution in [3.63, 3.8) is 0 Å². The molecule has 0 spiro atoms. The SMILES string of the molecule is CCCCC(O)CNCC(C)C. The lowest BCUT2D eigenvalue weighted by atomic mass is 10.1. The van der Waals surface area contributed by atoms with Crippen molar-refractivity contribution in [3.05, 3.63) is 0 Å². The van der Waals surface area contributed by atoms with Gasteiger partial charge in [-0.3, -0.25) is 0 Å². The highest BCUT2D eigenvalue weighted by Crippen LogP contribution is 1.99. The monoisotopic (exact) mass is 173 g/mol. The molecule has 0 rings (SSSR count). The summed E-state index contributed by atoms with van der Waals surface area (Å²) in [4.78, 5) is 0. The van der Waals surface area contributed by atoms with Crippen molar-refractivity contribution in [2.45, 2.75) is 46.1 Å². The number of hydrogen-bond donors (Lipinski definition) is 2. The number of unbranched alkanes of at least 4 members (excludes halogenated alkanes) is 1. The molecule has 0 aliphatic carbocycles. The van der Waals surface area contributed by atoms with Gasteiger partial charge in [-0.25, -0.2) is 0 Å². The number of rotatable bonds is 7. The molecule has 0 radical (unpaired) electrons. The Bertz CT molecular complexity index is 93.8. The molecule has 0 aromatic carbocycles. The van der Waals surface area contributed by atoms with Crippen molar-refractivity contribution in [2.75, 3.05) is 13.1 Å². The van der Waals surface area contributed by atoms with E-state index in [9.17, 15) is 5.11 Å². The van der Waals surface area contributed by atoms with Gasteiger partial charge >= 0.3 is 0 Å². The van der Waals surface area contributed by atoms with Gasteiger partial charge in [-0.1, -0.05) is 33.6 Å². The van der Waals surface area contributed by atoms with Gasteiger partial charge in [0.1, 0.15) is 0 Å². The van der Waals surface area contributed by atoms with Crippen LogP contribution in [0.5, 0.6) is 0 Å². The minimum atomic E-state index is -0.149. The van der Waals surface area contributed by atoms with Crippen LogP contribution in [0.15, 0.2) is 0 Å². The van der Waals surface area contributed by atoms with E-state index in [2.05, 4.69) is 26.1 Å². The Balaban J connectivity index is 3.13. The van der Waals surface area contributed by atoms with Crippen molar-refractivity contribution in [2.24, 2.45) is 5.92 Å². The Hall–Kier alpha value is -0.0800. The molecule has 0 aromatic heterocycles. The van der Waals surface area contributed by atoms with Gasteiger partial charge in [0.05, 0.1) is 6.10 Å². The van der Waals surface area contributed by atoms with Gasteiger partial charge in [0.25, 0.3) is 0 Å². The van der Waals surface area contributed by atoms with E-state index in [0.29, 0.717) is 5.92 Å². The van der Waals surface area contributed by atoms with Crippen molar-refractivity contribution < 1.29 is 5.11 Å². The van der Waals surface area contributed by atoms with E-state index in [0.717, 1.165) is 25.9 Å². The molecule has 2 N–H and O–H groups in total. The predicted octanol–water partition coefficient (Wildman–Crippen LogP) is 1.78. The maximum absolute atomic E-state index is 9.43. The van der Waals surface area contributed by atoms with Crippen LogP contribution < -0.4 is 5.32 Å². The van der Waals surface area contributed by atoms with Gasteiger partial charge in [-0.05, 0) is 18.9 Å². The van der Waals surface area contributed by atoms with Gasteiger partial charge in [0.15, 0.2) is 0 Å². The fraction of sp³-hybridized carbons (Fsp3) is 1.00. The van der Waals surface area contributed by atoms with E-state index in [4.69, 9.17) is 0 Å². The normalized spacial score (nSPS) is 13.8. The highest BCUT2D eigenvalue weighted by atomic mass is 16.3. The average Bonchev–Trinajstić information content (AvgIpc) is 2.00. The third kappa shape index (κ3) is 8.02. The van der Waals surface area contributed by atoms with E-state index in [1.165, 1.54) is 6.42 Å². The largest absolute Gasteiger partial charge is 0.392 e.